The van der Waals surface area contributed by atoms with Gasteiger partial charge in [0.1, 0.15) is 5.75 Å². The molecule has 2 aromatic rings. The van der Waals surface area contributed by atoms with Crippen molar-refractivity contribution in [1.29, 1.82) is 0 Å². The first-order valence-electron chi connectivity index (χ1n) is 9.45. The van der Waals surface area contributed by atoms with Crippen LogP contribution in [0.5, 0.6) is 11.5 Å². The average molecular weight is 465 g/mol. The van der Waals surface area contributed by atoms with Gasteiger partial charge < -0.3 is 24.8 Å². The first kappa shape index (κ1) is 22.8. The molecule has 0 saturated carbocycles. The molecule has 1 heterocycles. The Kier molecular flexibility index (Phi) is 6.97. The van der Waals surface area contributed by atoms with Crippen LogP contribution in [0.2, 0.25) is 10.0 Å². The van der Waals surface area contributed by atoms with Crippen LogP contribution in [0.3, 0.4) is 0 Å². The summed E-state index contributed by atoms with van der Waals surface area (Å²) < 4.78 is 15.9. The van der Waals surface area contributed by atoms with Crippen LogP contribution < -0.4 is 20.1 Å². The Labute approximate surface area is 190 Å². The molecular weight excluding hydrogens is 443 g/mol. The van der Waals surface area contributed by atoms with Gasteiger partial charge in [-0.2, -0.15) is 0 Å². The second kappa shape index (κ2) is 9.49. The molecular formula is C22H22Cl2N2O5. The summed E-state index contributed by atoms with van der Waals surface area (Å²) in [6.45, 7) is 3.49. The Morgan fingerprint density at radius 1 is 1.03 bits per heavy atom. The Morgan fingerprint density at radius 3 is 2.16 bits per heavy atom. The molecule has 7 nitrogen and oxygen atoms in total. The molecule has 2 amide bonds. The lowest BCUT2D eigenvalue weighted by Gasteiger charge is -2.30. The lowest BCUT2D eigenvalue weighted by atomic mass is 9.92. The lowest BCUT2D eigenvalue weighted by molar-refractivity contribution is -0.143. The zero-order valence-electron chi connectivity index (χ0n) is 17.4. The summed E-state index contributed by atoms with van der Waals surface area (Å²) in [5.74, 6) is 0.362. The molecule has 1 atom stereocenters. The number of methoxy groups -OCH3 is 2. The lowest BCUT2D eigenvalue weighted by Crippen LogP contribution is -2.45. The molecule has 31 heavy (non-hydrogen) atoms. The molecule has 1 aliphatic rings. The van der Waals surface area contributed by atoms with E-state index in [0.717, 1.165) is 0 Å². The van der Waals surface area contributed by atoms with Gasteiger partial charge in [0.15, 0.2) is 5.75 Å². The minimum absolute atomic E-state index is 0.218. The maximum Gasteiger partial charge on any atom is 0.338 e. The maximum absolute atomic E-state index is 13.1. The van der Waals surface area contributed by atoms with Gasteiger partial charge in [-0.15, -0.1) is 0 Å². The third-order valence-electron chi connectivity index (χ3n) is 4.57. The third-order valence-corrected chi connectivity index (χ3v) is 5.13. The fraction of sp³-hybridized carbons (Fsp3) is 0.273. The van der Waals surface area contributed by atoms with E-state index in [2.05, 4.69) is 10.6 Å². The highest BCUT2D eigenvalue weighted by Gasteiger charge is 2.35. The summed E-state index contributed by atoms with van der Waals surface area (Å²) in [6, 6.07) is 8.81. The molecule has 1 unspecified atom stereocenters. The molecule has 0 fully saturated rings. The van der Waals surface area contributed by atoms with Gasteiger partial charge in [0, 0.05) is 0 Å². The third kappa shape index (κ3) is 4.89. The van der Waals surface area contributed by atoms with Gasteiger partial charge in [0.2, 0.25) is 0 Å². The number of ether oxygens (including phenoxy) is 3. The van der Waals surface area contributed by atoms with Crippen molar-refractivity contribution in [2.24, 2.45) is 0 Å². The molecule has 0 saturated heterocycles. The number of amides is 2. The highest BCUT2D eigenvalue weighted by Crippen LogP contribution is 2.39. The molecule has 164 valence electrons. The number of rotatable bonds is 6. The van der Waals surface area contributed by atoms with E-state index in [-0.39, 0.29) is 21.7 Å². The Hall–Kier alpha value is -2.90. The number of carbonyl (C=O) groups is 2. The summed E-state index contributed by atoms with van der Waals surface area (Å²) in [5.41, 5.74) is 1.66. The van der Waals surface area contributed by atoms with Crippen molar-refractivity contribution >= 4 is 40.9 Å². The summed E-state index contributed by atoms with van der Waals surface area (Å²) >= 11 is 12.6. The topological polar surface area (TPSA) is 85.9 Å². The van der Waals surface area contributed by atoms with Crippen molar-refractivity contribution in [3.63, 3.8) is 0 Å². The molecule has 1 aliphatic heterocycles. The van der Waals surface area contributed by atoms with Crippen LogP contribution in [0.15, 0.2) is 42.0 Å². The van der Waals surface area contributed by atoms with Gasteiger partial charge >= 0.3 is 12.0 Å². The number of carbonyl (C=O) groups excluding carboxylic acids is 2. The van der Waals surface area contributed by atoms with Gasteiger partial charge in [0.25, 0.3) is 0 Å². The molecule has 0 aliphatic carbocycles. The maximum atomic E-state index is 13.1. The normalized spacial score (nSPS) is 16.0. The number of nitrogens with one attached hydrogen (secondary N) is 2. The van der Waals surface area contributed by atoms with Crippen molar-refractivity contribution in [2.75, 3.05) is 14.2 Å². The zero-order valence-corrected chi connectivity index (χ0v) is 18.9. The van der Waals surface area contributed by atoms with Gasteiger partial charge in [-0.3, -0.25) is 0 Å². The van der Waals surface area contributed by atoms with Crippen LogP contribution in [0.4, 0.5) is 4.79 Å². The minimum atomic E-state index is -0.849. The Balaban J connectivity index is 2.20. The number of benzene rings is 2. The summed E-state index contributed by atoms with van der Waals surface area (Å²) in [5, 5.41) is 5.98. The van der Waals surface area contributed by atoms with E-state index in [9.17, 15) is 9.59 Å². The van der Waals surface area contributed by atoms with Crippen LogP contribution in [0.1, 0.15) is 31.0 Å². The number of halogens is 2. The molecule has 0 radical (unpaired) electrons. The predicted molar refractivity (Wildman–Crippen MR) is 119 cm³/mol. The van der Waals surface area contributed by atoms with Crippen molar-refractivity contribution in [3.05, 3.63) is 63.1 Å². The largest absolute Gasteiger partial charge is 0.497 e. The summed E-state index contributed by atoms with van der Waals surface area (Å²) in [7, 11) is 3.01. The van der Waals surface area contributed by atoms with E-state index in [0.29, 0.717) is 28.3 Å². The first-order valence-corrected chi connectivity index (χ1v) is 10.2. The van der Waals surface area contributed by atoms with E-state index >= 15 is 0 Å². The average Bonchev–Trinajstić information content (AvgIpc) is 2.72. The number of urea groups is 1. The highest BCUT2D eigenvalue weighted by molar-refractivity contribution is 6.37. The Morgan fingerprint density at radius 2 is 1.65 bits per heavy atom. The van der Waals surface area contributed by atoms with E-state index in [1.165, 1.54) is 7.11 Å². The molecule has 3 rings (SSSR count). The van der Waals surface area contributed by atoms with E-state index < -0.39 is 18.0 Å². The molecule has 2 aromatic carbocycles. The van der Waals surface area contributed by atoms with Crippen LogP contribution in [-0.4, -0.2) is 32.3 Å². The van der Waals surface area contributed by atoms with Crippen molar-refractivity contribution < 1.29 is 23.8 Å². The quantitative estimate of drug-likeness (QED) is 0.603. The fourth-order valence-corrected chi connectivity index (χ4v) is 3.90. The Bertz CT molecular complexity index is 1010. The standard InChI is InChI=1S/C22H22Cl2N2O5/c1-11(2)31-21(27)17-18(12-5-7-14(29-3)8-6-12)25-22(28)26-19(17)13-9-15(23)20(30-4)16(24)10-13/h5-11,19H,1-4H3,(H2,25,26,28). The molecule has 0 bridgehead atoms. The number of hydrogen-bond acceptors (Lipinski definition) is 5. The predicted octanol–water partition coefficient (Wildman–Crippen LogP) is 4.73. The van der Waals surface area contributed by atoms with Gasteiger partial charge in [0.05, 0.1) is 47.7 Å². The fourth-order valence-electron chi connectivity index (χ4n) is 3.24. The van der Waals surface area contributed by atoms with Gasteiger partial charge in [-0.05, 0) is 61.4 Å². The summed E-state index contributed by atoms with van der Waals surface area (Å²) in [6.07, 6.45) is -0.363. The van der Waals surface area contributed by atoms with Crippen molar-refractivity contribution in [2.45, 2.75) is 26.0 Å². The van der Waals surface area contributed by atoms with E-state index in [1.54, 1.807) is 57.4 Å². The first-order chi connectivity index (χ1) is 14.7. The van der Waals surface area contributed by atoms with Crippen molar-refractivity contribution in [1.82, 2.24) is 10.6 Å². The second-order valence-corrected chi connectivity index (χ2v) is 7.83. The van der Waals surface area contributed by atoms with Crippen LogP contribution in [0.25, 0.3) is 5.70 Å². The van der Waals surface area contributed by atoms with E-state index in [1.807, 2.05) is 0 Å². The minimum Gasteiger partial charge on any atom is -0.497 e. The van der Waals surface area contributed by atoms with Gasteiger partial charge in [-0.25, -0.2) is 9.59 Å². The molecule has 9 heteroatoms. The monoisotopic (exact) mass is 464 g/mol. The van der Waals surface area contributed by atoms with Gasteiger partial charge in [-0.1, -0.05) is 23.2 Å². The SMILES string of the molecule is COc1ccc(C2=C(C(=O)OC(C)C)C(c3cc(Cl)c(OC)c(Cl)c3)NC(=O)N2)cc1. The molecule has 0 aromatic heterocycles. The smallest absolute Gasteiger partial charge is 0.338 e. The zero-order chi connectivity index (χ0) is 22.7. The summed E-state index contributed by atoms with van der Waals surface area (Å²) in [4.78, 5) is 25.6. The van der Waals surface area contributed by atoms with Crippen LogP contribution in [0, 0.1) is 0 Å². The highest BCUT2D eigenvalue weighted by atomic mass is 35.5. The number of hydrogen-bond donors (Lipinski definition) is 2. The molecule has 0 spiro atoms. The van der Waals surface area contributed by atoms with Crippen LogP contribution in [-0.2, 0) is 9.53 Å². The van der Waals surface area contributed by atoms with E-state index in [4.69, 9.17) is 37.4 Å². The van der Waals surface area contributed by atoms with Crippen molar-refractivity contribution in [3.8, 4) is 11.5 Å². The molecule has 2 N–H and O–H groups in total. The van der Waals surface area contributed by atoms with Crippen LogP contribution >= 0.6 is 23.2 Å². The second-order valence-electron chi connectivity index (χ2n) is 7.02. The number of esters is 1.